The molecule has 1 aliphatic heterocycles. The van der Waals surface area contributed by atoms with Gasteiger partial charge in [0.1, 0.15) is 5.82 Å². The third kappa shape index (κ3) is 2.79. The number of amides is 1. The summed E-state index contributed by atoms with van der Waals surface area (Å²) in [5.41, 5.74) is 12.1. The Kier molecular flexibility index (Phi) is 3.81. The number of carbonyl (C=O) groups excluding carboxylic acids is 1. The second-order valence-corrected chi connectivity index (χ2v) is 4.90. The second kappa shape index (κ2) is 5.35. The average Bonchev–Trinajstić information content (AvgIpc) is 2.39. The van der Waals surface area contributed by atoms with Gasteiger partial charge in [-0.15, -0.1) is 0 Å². The molecule has 1 aromatic heterocycles. The molecular weight excluding hydrogens is 228 g/mol. The molecular formula is C13H20N4O. The first-order valence-electron chi connectivity index (χ1n) is 6.33. The van der Waals surface area contributed by atoms with E-state index in [1.165, 1.54) is 0 Å². The lowest BCUT2D eigenvalue weighted by Crippen LogP contribution is -2.38. The fraction of sp³-hybridized carbons (Fsp3) is 0.538. The van der Waals surface area contributed by atoms with Crippen LogP contribution in [0.15, 0.2) is 18.3 Å². The molecule has 0 saturated carbocycles. The molecule has 0 spiro atoms. The molecule has 2 heterocycles. The first kappa shape index (κ1) is 12.8. The number of primary amides is 1. The maximum atomic E-state index is 11.1. The largest absolute Gasteiger partial charge is 0.369 e. The number of aromatic nitrogens is 1. The minimum absolute atomic E-state index is 0.00662. The molecule has 1 amide bonds. The number of nitrogens with zero attached hydrogens (tertiary/aromatic N) is 2. The van der Waals surface area contributed by atoms with Gasteiger partial charge >= 0.3 is 0 Å². The third-order valence-corrected chi connectivity index (χ3v) is 3.52. The zero-order chi connectivity index (χ0) is 13.1. The highest BCUT2D eigenvalue weighted by Gasteiger charge is 2.23. The molecule has 98 valence electrons. The lowest BCUT2D eigenvalue weighted by molar-refractivity contribution is -0.122. The Bertz CT molecular complexity index is 408. The van der Waals surface area contributed by atoms with Gasteiger partial charge < -0.3 is 16.4 Å². The van der Waals surface area contributed by atoms with Crippen molar-refractivity contribution >= 4 is 11.7 Å². The summed E-state index contributed by atoms with van der Waals surface area (Å²) in [6, 6.07) is 4.00. The van der Waals surface area contributed by atoms with Crippen LogP contribution in [-0.2, 0) is 4.79 Å². The zero-order valence-corrected chi connectivity index (χ0v) is 10.7. The number of piperidine rings is 1. The molecule has 2 rings (SSSR count). The van der Waals surface area contributed by atoms with E-state index in [-0.39, 0.29) is 17.9 Å². The first-order valence-corrected chi connectivity index (χ1v) is 6.33. The summed E-state index contributed by atoms with van der Waals surface area (Å²) in [6.45, 7) is 3.60. The van der Waals surface area contributed by atoms with Crippen molar-refractivity contribution < 1.29 is 4.79 Å². The highest BCUT2D eigenvalue weighted by Crippen LogP contribution is 2.22. The average molecular weight is 248 g/mol. The minimum atomic E-state index is -0.185. The van der Waals surface area contributed by atoms with Gasteiger partial charge in [-0.05, 0) is 31.4 Å². The molecule has 1 aliphatic rings. The van der Waals surface area contributed by atoms with Crippen LogP contribution in [0.25, 0.3) is 0 Å². The molecule has 0 unspecified atom stereocenters. The Hall–Kier alpha value is -1.62. The van der Waals surface area contributed by atoms with Crippen LogP contribution in [-0.4, -0.2) is 24.0 Å². The van der Waals surface area contributed by atoms with E-state index in [0.717, 1.165) is 37.3 Å². The van der Waals surface area contributed by atoms with E-state index in [1.54, 1.807) is 0 Å². The van der Waals surface area contributed by atoms with Crippen molar-refractivity contribution in [1.82, 2.24) is 4.98 Å². The van der Waals surface area contributed by atoms with Crippen LogP contribution in [0.1, 0.15) is 31.4 Å². The molecule has 0 bridgehead atoms. The third-order valence-electron chi connectivity index (χ3n) is 3.52. The monoisotopic (exact) mass is 248 g/mol. The van der Waals surface area contributed by atoms with Gasteiger partial charge in [-0.2, -0.15) is 0 Å². The molecule has 0 aromatic carbocycles. The molecule has 4 N–H and O–H groups in total. The Morgan fingerprint density at radius 2 is 2.11 bits per heavy atom. The fourth-order valence-corrected chi connectivity index (χ4v) is 2.25. The van der Waals surface area contributed by atoms with E-state index < -0.39 is 0 Å². The second-order valence-electron chi connectivity index (χ2n) is 4.90. The van der Waals surface area contributed by atoms with Crippen molar-refractivity contribution in [2.24, 2.45) is 17.4 Å². The summed E-state index contributed by atoms with van der Waals surface area (Å²) < 4.78 is 0. The van der Waals surface area contributed by atoms with Gasteiger partial charge in [0, 0.05) is 31.2 Å². The molecule has 1 saturated heterocycles. The molecule has 1 atom stereocenters. The predicted molar refractivity (Wildman–Crippen MR) is 71.0 cm³/mol. The van der Waals surface area contributed by atoms with Gasteiger partial charge in [0.25, 0.3) is 0 Å². The molecule has 0 aliphatic carbocycles. The number of hydrogen-bond donors (Lipinski definition) is 2. The van der Waals surface area contributed by atoms with Crippen molar-refractivity contribution in [2.75, 3.05) is 18.0 Å². The van der Waals surface area contributed by atoms with Gasteiger partial charge in [0.15, 0.2) is 0 Å². The summed E-state index contributed by atoms with van der Waals surface area (Å²) in [4.78, 5) is 17.7. The quantitative estimate of drug-likeness (QED) is 0.828. The first-order chi connectivity index (χ1) is 8.58. The van der Waals surface area contributed by atoms with Crippen LogP contribution >= 0.6 is 0 Å². The van der Waals surface area contributed by atoms with E-state index >= 15 is 0 Å². The predicted octanol–water partition coefficient (Wildman–Crippen LogP) is 0.803. The highest BCUT2D eigenvalue weighted by atomic mass is 16.1. The van der Waals surface area contributed by atoms with Crippen LogP contribution in [0.2, 0.25) is 0 Å². The standard InChI is InChI=1S/C13H20N4O/c1-9(14)11-2-3-12(16-8-11)17-6-4-10(5-7-17)13(15)18/h2-3,8-10H,4-7,14H2,1H3,(H2,15,18)/t9-/m0/s1. The summed E-state index contributed by atoms with van der Waals surface area (Å²) in [7, 11) is 0. The van der Waals surface area contributed by atoms with Crippen molar-refractivity contribution in [2.45, 2.75) is 25.8 Å². The lowest BCUT2D eigenvalue weighted by atomic mass is 9.96. The zero-order valence-electron chi connectivity index (χ0n) is 10.7. The normalized spacial score (nSPS) is 18.7. The number of pyridine rings is 1. The summed E-state index contributed by atoms with van der Waals surface area (Å²) >= 11 is 0. The van der Waals surface area contributed by atoms with E-state index in [0.29, 0.717) is 0 Å². The van der Waals surface area contributed by atoms with E-state index in [9.17, 15) is 4.79 Å². The van der Waals surface area contributed by atoms with Crippen LogP contribution in [0.5, 0.6) is 0 Å². The Morgan fingerprint density at radius 1 is 1.44 bits per heavy atom. The number of hydrogen-bond acceptors (Lipinski definition) is 4. The summed E-state index contributed by atoms with van der Waals surface area (Å²) in [5, 5.41) is 0. The maximum absolute atomic E-state index is 11.1. The molecule has 0 radical (unpaired) electrons. The van der Waals surface area contributed by atoms with Crippen LogP contribution in [0.3, 0.4) is 0 Å². The van der Waals surface area contributed by atoms with Gasteiger partial charge in [-0.1, -0.05) is 6.07 Å². The van der Waals surface area contributed by atoms with Gasteiger partial charge in [0.2, 0.25) is 5.91 Å². The Balaban J connectivity index is 1.99. The van der Waals surface area contributed by atoms with Crippen molar-refractivity contribution in [1.29, 1.82) is 0 Å². The fourth-order valence-electron chi connectivity index (χ4n) is 2.25. The SMILES string of the molecule is C[C@H](N)c1ccc(N2CCC(C(N)=O)CC2)nc1. The summed E-state index contributed by atoms with van der Waals surface area (Å²) in [6.07, 6.45) is 3.44. The van der Waals surface area contributed by atoms with Crippen molar-refractivity contribution in [3.8, 4) is 0 Å². The van der Waals surface area contributed by atoms with Crippen LogP contribution in [0, 0.1) is 5.92 Å². The molecule has 18 heavy (non-hydrogen) atoms. The molecule has 1 aromatic rings. The van der Waals surface area contributed by atoms with E-state index in [2.05, 4.69) is 9.88 Å². The smallest absolute Gasteiger partial charge is 0.220 e. The number of carbonyl (C=O) groups is 1. The maximum Gasteiger partial charge on any atom is 0.220 e. The van der Waals surface area contributed by atoms with Crippen molar-refractivity contribution in [3.63, 3.8) is 0 Å². The summed E-state index contributed by atoms with van der Waals surface area (Å²) in [5.74, 6) is 0.779. The Labute approximate surface area is 107 Å². The highest BCUT2D eigenvalue weighted by molar-refractivity contribution is 5.76. The minimum Gasteiger partial charge on any atom is -0.369 e. The number of anilines is 1. The van der Waals surface area contributed by atoms with Gasteiger partial charge in [-0.25, -0.2) is 4.98 Å². The van der Waals surface area contributed by atoms with E-state index in [1.807, 2.05) is 25.3 Å². The number of rotatable bonds is 3. The van der Waals surface area contributed by atoms with E-state index in [4.69, 9.17) is 11.5 Å². The molecule has 5 heteroatoms. The van der Waals surface area contributed by atoms with Gasteiger partial charge in [0.05, 0.1) is 0 Å². The number of nitrogens with two attached hydrogens (primary N) is 2. The molecule has 1 fully saturated rings. The Morgan fingerprint density at radius 3 is 2.56 bits per heavy atom. The molecule has 5 nitrogen and oxygen atoms in total. The topological polar surface area (TPSA) is 85.2 Å². The van der Waals surface area contributed by atoms with Gasteiger partial charge in [-0.3, -0.25) is 4.79 Å². The van der Waals surface area contributed by atoms with Crippen LogP contribution in [0.4, 0.5) is 5.82 Å². The lowest BCUT2D eigenvalue weighted by Gasteiger charge is -2.31. The van der Waals surface area contributed by atoms with Crippen molar-refractivity contribution in [3.05, 3.63) is 23.9 Å². The van der Waals surface area contributed by atoms with Crippen LogP contribution < -0.4 is 16.4 Å².